The molecule has 1 unspecified atom stereocenters. The first-order valence-corrected chi connectivity index (χ1v) is 9.55. The summed E-state index contributed by atoms with van der Waals surface area (Å²) in [5.41, 5.74) is -1.33. The molecule has 1 aromatic heterocycles. The number of rotatable bonds is 5. The van der Waals surface area contributed by atoms with E-state index in [1.807, 2.05) is 0 Å². The van der Waals surface area contributed by atoms with Gasteiger partial charge in [0.25, 0.3) is 5.91 Å². The summed E-state index contributed by atoms with van der Waals surface area (Å²) in [5.74, 6) is -0.805. The van der Waals surface area contributed by atoms with Crippen LogP contribution in [0.3, 0.4) is 0 Å². The zero-order valence-corrected chi connectivity index (χ0v) is 15.8. The maximum Gasteiger partial charge on any atom is 0.325 e. The van der Waals surface area contributed by atoms with Gasteiger partial charge in [-0.15, -0.1) is 0 Å². The van der Waals surface area contributed by atoms with Crippen molar-refractivity contribution >= 4 is 17.5 Å². The summed E-state index contributed by atoms with van der Waals surface area (Å²) >= 11 is 5.63. The van der Waals surface area contributed by atoms with Gasteiger partial charge < -0.3 is 20.1 Å². The molecule has 2 aromatic rings. The number of aromatic amines is 1. The number of amides is 1. The number of carbonyl (C=O) groups excluding carboxylic acids is 1. The number of hydrogen-bond acceptors (Lipinski definition) is 4. The number of hydrogen-bond donors (Lipinski definition) is 3. The van der Waals surface area contributed by atoms with Crippen molar-refractivity contribution in [2.45, 2.75) is 49.3 Å². The van der Waals surface area contributed by atoms with Crippen LogP contribution in [0, 0.1) is 5.82 Å². The molecule has 7 nitrogen and oxygen atoms in total. The van der Waals surface area contributed by atoms with E-state index in [-0.39, 0.29) is 29.0 Å². The summed E-state index contributed by atoms with van der Waals surface area (Å²) < 4.78 is 20.5. The summed E-state index contributed by atoms with van der Waals surface area (Å²) in [6, 6.07) is 3.96. The highest BCUT2D eigenvalue weighted by atomic mass is 35.5. The van der Waals surface area contributed by atoms with Gasteiger partial charge in [-0.25, -0.2) is 9.18 Å². The quantitative estimate of drug-likeness (QED) is 0.703. The van der Waals surface area contributed by atoms with Crippen molar-refractivity contribution in [3.8, 4) is 5.75 Å². The molecule has 150 valence electrons. The van der Waals surface area contributed by atoms with Gasteiger partial charge in [-0.1, -0.05) is 11.6 Å². The van der Waals surface area contributed by atoms with Gasteiger partial charge >= 0.3 is 5.69 Å². The smallest absolute Gasteiger partial charge is 0.325 e. The van der Waals surface area contributed by atoms with Gasteiger partial charge in [0.2, 0.25) is 0 Å². The van der Waals surface area contributed by atoms with E-state index in [0.717, 1.165) is 6.07 Å². The topological polar surface area (TPSA) is 96.4 Å². The standard InChI is InChI=1S/C19H21ClFN3O4/c20-13-2-1-12(9-14(13)21)28-11-16(26)23-19-5-3-18(4-6-19,10-15(19)25)24-8-7-22-17(24)27/h1-2,7-9,15,25H,3-6,10-11H2,(H,22,27)(H,23,26). The SMILES string of the molecule is O=C(COc1ccc(Cl)c(F)c1)NC12CCC(n3cc[nH]c3=O)(CC1)CC2O. The molecule has 1 amide bonds. The van der Waals surface area contributed by atoms with Gasteiger partial charge in [0, 0.05) is 18.5 Å². The normalized spacial score (nSPS) is 28.9. The van der Waals surface area contributed by atoms with Gasteiger partial charge in [0.05, 0.1) is 22.2 Å². The second kappa shape index (κ2) is 6.93. The minimum Gasteiger partial charge on any atom is -0.484 e. The predicted molar refractivity (Wildman–Crippen MR) is 99.9 cm³/mol. The van der Waals surface area contributed by atoms with E-state index in [1.54, 1.807) is 17.0 Å². The number of benzene rings is 1. The Morgan fingerprint density at radius 2 is 2.14 bits per heavy atom. The van der Waals surface area contributed by atoms with E-state index >= 15 is 0 Å². The Bertz CT molecular complexity index is 949. The Balaban J connectivity index is 1.40. The Kier molecular flexibility index (Phi) is 4.71. The third-order valence-electron chi connectivity index (χ3n) is 6.09. The Morgan fingerprint density at radius 3 is 2.75 bits per heavy atom. The summed E-state index contributed by atoms with van der Waals surface area (Å²) in [7, 11) is 0. The average molecular weight is 410 g/mol. The number of carbonyl (C=O) groups is 1. The second-order valence-electron chi connectivity index (χ2n) is 7.65. The van der Waals surface area contributed by atoms with Crippen LogP contribution in [0.15, 0.2) is 35.4 Å². The van der Waals surface area contributed by atoms with Crippen molar-refractivity contribution in [3.05, 3.63) is 51.9 Å². The molecule has 0 spiro atoms. The van der Waals surface area contributed by atoms with Crippen molar-refractivity contribution < 1.29 is 19.0 Å². The summed E-state index contributed by atoms with van der Waals surface area (Å²) in [5, 5.41) is 13.7. The highest BCUT2D eigenvalue weighted by molar-refractivity contribution is 6.30. The number of ether oxygens (including phenoxy) is 1. The first kappa shape index (κ1) is 19.0. The predicted octanol–water partition coefficient (Wildman–Crippen LogP) is 1.94. The van der Waals surface area contributed by atoms with Crippen LogP contribution < -0.4 is 15.7 Å². The molecule has 0 aliphatic heterocycles. The highest BCUT2D eigenvalue weighted by Crippen LogP contribution is 2.50. The first-order valence-electron chi connectivity index (χ1n) is 9.17. The third-order valence-corrected chi connectivity index (χ3v) is 6.40. The number of halogens is 2. The van der Waals surface area contributed by atoms with Gasteiger partial charge in [0.15, 0.2) is 6.61 Å². The Morgan fingerprint density at radius 1 is 1.39 bits per heavy atom. The van der Waals surface area contributed by atoms with Crippen LogP contribution >= 0.6 is 11.6 Å². The zero-order chi connectivity index (χ0) is 19.9. The van der Waals surface area contributed by atoms with Crippen molar-refractivity contribution in [2.75, 3.05) is 6.61 Å². The number of aliphatic hydroxyl groups excluding tert-OH is 1. The molecule has 9 heteroatoms. The molecule has 3 fully saturated rings. The molecule has 1 atom stereocenters. The van der Waals surface area contributed by atoms with E-state index in [1.165, 1.54) is 12.1 Å². The summed E-state index contributed by atoms with van der Waals surface area (Å²) in [6.07, 6.45) is 5.43. The Hall–Kier alpha value is -2.32. The Labute approximate surface area is 165 Å². The number of fused-ring (bicyclic) bond motifs is 3. The van der Waals surface area contributed by atoms with Gasteiger partial charge in [0.1, 0.15) is 11.6 Å². The van der Waals surface area contributed by atoms with Crippen LogP contribution in [-0.2, 0) is 10.3 Å². The van der Waals surface area contributed by atoms with Crippen molar-refractivity contribution in [2.24, 2.45) is 0 Å². The van der Waals surface area contributed by atoms with Crippen LogP contribution in [0.2, 0.25) is 5.02 Å². The van der Waals surface area contributed by atoms with E-state index in [4.69, 9.17) is 16.3 Å². The molecule has 3 aliphatic carbocycles. The molecule has 1 heterocycles. The molecule has 0 radical (unpaired) electrons. The number of aliphatic hydroxyl groups is 1. The molecule has 0 saturated heterocycles. The molecule has 3 aliphatic rings. The maximum atomic E-state index is 13.5. The van der Waals surface area contributed by atoms with Crippen LogP contribution in [-0.4, -0.2) is 38.8 Å². The van der Waals surface area contributed by atoms with Crippen molar-refractivity contribution in [3.63, 3.8) is 0 Å². The first-order chi connectivity index (χ1) is 13.3. The molecular formula is C19H21ClFN3O4. The number of aromatic nitrogens is 2. The lowest BCUT2D eigenvalue weighted by Crippen LogP contribution is -2.67. The maximum absolute atomic E-state index is 13.5. The van der Waals surface area contributed by atoms with E-state index in [2.05, 4.69) is 10.3 Å². The molecule has 28 heavy (non-hydrogen) atoms. The number of nitrogens with zero attached hydrogens (tertiary/aromatic N) is 1. The average Bonchev–Trinajstić information content (AvgIpc) is 3.11. The van der Waals surface area contributed by atoms with Crippen LogP contribution in [0.1, 0.15) is 32.1 Å². The second-order valence-corrected chi connectivity index (χ2v) is 8.06. The van der Waals surface area contributed by atoms with E-state index in [0.29, 0.717) is 32.1 Å². The molecule has 3 saturated carbocycles. The number of imidazole rings is 1. The minimum atomic E-state index is -0.770. The number of H-pyrrole nitrogens is 1. The van der Waals surface area contributed by atoms with E-state index < -0.39 is 23.0 Å². The lowest BCUT2D eigenvalue weighted by atomic mass is 9.59. The van der Waals surface area contributed by atoms with Crippen LogP contribution in [0.5, 0.6) is 5.75 Å². The fourth-order valence-corrected chi connectivity index (χ4v) is 4.64. The lowest BCUT2D eigenvalue weighted by molar-refractivity contribution is -0.134. The number of nitrogens with one attached hydrogen (secondary N) is 2. The molecular weight excluding hydrogens is 389 g/mol. The molecule has 3 N–H and O–H groups in total. The van der Waals surface area contributed by atoms with Crippen molar-refractivity contribution in [1.29, 1.82) is 0 Å². The summed E-state index contributed by atoms with van der Waals surface area (Å²) in [6.45, 7) is -0.294. The highest BCUT2D eigenvalue weighted by Gasteiger charge is 2.55. The van der Waals surface area contributed by atoms with Crippen molar-refractivity contribution in [1.82, 2.24) is 14.9 Å². The minimum absolute atomic E-state index is 0.0202. The van der Waals surface area contributed by atoms with Crippen LogP contribution in [0.4, 0.5) is 4.39 Å². The summed E-state index contributed by atoms with van der Waals surface area (Å²) in [4.78, 5) is 27.1. The van der Waals surface area contributed by atoms with Crippen LogP contribution in [0.25, 0.3) is 0 Å². The fourth-order valence-electron chi connectivity index (χ4n) is 4.52. The monoisotopic (exact) mass is 409 g/mol. The van der Waals surface area contributed by atoms with Gasteiger partial charge in [-0.3, -0.25) is 9.36 Å². The third kappa shape index (κ3) is 3.20. The largest absolute Gasteiger partial charge is 0.484 e. The van der Waals surface area contributed by atoms with Gasteiger partial charge in [-0.2, -0.15) is 0 Å². The fraction of sp³-hybridized carbons (Fsp3) is 0.474. The molecule has 2 bridgehead atoms. The molecule has 5 rings (SSSR count). The lowest BCUT2D eigenvalue weighted by Gasteiger charge is -2.56. The van der Waals surface area contributed by atoms with E-state index in [9.17, 15) is 19.1 Å². The zero-order valence-electron chi connectivity index (χ0n) is 15.1. The van der Waals surface area contributed by atoms with Gasteiger partial charge in [-0.05, 0) is 44.2 Å². The molecule has 1 aromatic carbocycles.